The van der Waals surface area contributed by atoms with Crippen molar-refractivity contribution < 1.29 is 0 Å². The van der Waals surface area contributed by atoms with Crippen LogP contribution in [0.3, 0.4) is 0 Å². The Morgan fingerprint density at radius 1 is 1.18 bits per heavy atom. The third-order valence-electron chi connectivity index (χ3n) is 4.84. The molecule has 0 radical (unpaired) electrons. The van der Waals surface area contributed by atoms with Crippen molar-refractivity contribution in [2.75, 3.05) is 6.54 Å². The lowest BCUT2D eigenvalue weighted by atomic mass is 9.69. The third-order valence-corrected chi connectivity index (χ3v) is 4.84. The fraction of sp³-hybridized carbons (Fsp3) is 0.875. The summed E-state index contributed by atoms with van der Waals surface area (Å²) in [5, 5.41) is 3.72. The molecule has 0 saturated heterocycles. The molecule has 0 aromatic carbocycles. The van der Waals surface area contributed by atoms with Crippen LogP contribution in [-0.2, 0) is 0 Å². The van der Waals surface area contributed by atoms with Gasteiger partial charge >= 0.3 is 0 Å². The highest BCUT2D eigenvalue weighted by molar-refractivity contribution is 4.89. The standard InChI is InChI=1S/C16H29N/c1-4-5-14-10-13(12(2)3)6-7-15(14)11-17-16-8-9-16/h4,12-17H,1,5-11H2,2-3H3. The van der Waals surface area contributed by atoms with E-state index in [0.717, 1.165) is 29.7 Å². The maximum atomic E-state index is 3.95. The number of rotatable bonds is 6. The summed E-state index contributed by atoms with van der Waals surface area (Å²) >= 11 is 0. The van der Waals surface area contributed by atoms with Crippen molar-refractivity contribution in [1.82, 2.24) is 5.32 Å². The Morgan fingerprint density at radius 3 is 2.53 bits per heavy atom. The van der Waals surface area contributed by atoms with Gasteiger partial charge in [0.1, 0.15) is 0 Å². The SMILES string of the molecule is C=CCC1CC(C(C)C)CCC1CNC1CC1. The van der Waals surface area contributed by atoms with Crippen LogP contribution in [-0.4, -0.2) is 12.6 Å². The molecule has 3 unspecified atom stereocenters. The highest BCUT2D eigenvalue weighted by atomic mass is 14.9. The third kappa shape index (κ3) is 3.84. The quantitative estimate of drug-likeness (QED) is 0.686. The first kappa shape index (κ1) is 13.1. The van der Waals surface area contributed by atoms with E-state index >= 15 is 0 Å². The van der Waals surface area contributed by atoms with Gasteiger partial charge in [-0.05, 0) is 68.7 Å². The minimum atomic E-state index is 0.861. The van der Waals surface area contributed by atoms with Crippen molar-refractivity contribution in [3.8, 4) is 0 Å². The van der Waals surface area contributed by atoms with E-state index in [1.165, 1.54) is 45.1 Å². The normalized spacial score (nSPS) is 33.9. The highest BCUT2D eigenvalue weighted by Crippen LogP contribution is 2.39. The van der Waals surface area contributed by atoms with Gasteiger partial charge in [0.2, 0.25) is 0 Å². The molecule has 2 rings (SSSR count). The molecule has 17 heavy (non-hydrogen) atoms. The summed E-state index contributed by atoms with van der Waals surface area (Å²) in [7, 11) is 0. The van der Waals surface area contributed by atoms with E-state index in [4.69, 9.17) is 0 Å². The van der Waals surface area contributed by atoms with Gasteiger partial charge in [-0.3, -0.25) is 0 Å². The van der Waals surface area contributed by atoms with Crippen molar-refractivity contribution in [1.29, 1.82) is 0 Å². The summed E-state index contributed by atoms with van der Waals surface area (Å²) in [6.07, 6.45) is 10.5. The van der Waals surface area contributed by atoms with Gasteiger partial charge in [0.15, 0.2) is 0 Å². The predicted octanol–water partition coefficient (Wildman–Crippen LogP) is 4.00. The Hall–Kier alpha value is -0.300. The molecule has 0 amide bonds. The summed E-state index contributed by atoms with van der Waals surface area (Å²) in [6, 6.07) is 0.863. The van der Waals surface area contributed by atoms with Crippen LogP contribution < -0.4 is 5.32 Å². The molecule has 1 heteroatoms. The molecule has 0 aliphatic heterocycles. The van der Waals surface area contributed by atoms with Crippen LogP contribution in [0.5, 0.6) is 0 Å². The summed E-state index contributed by atoms with van der Waals surface area (Å²) in [5.74, 6) is 3.61. The number of allylic oxidation sites excluding steroid dienone is 1. The van der Waals surface area contributed by atoms with E-state index in [1.807, 2.05) is 0 Å². The molecule has 2 fully saturated rings. The number of hydrogen-bond acceptors (Lipinski definition) is 1. The van der Waals surface area contributed by atoms with Crippen molar-refractivity contribution in [3.63, 3.8) is 0 Å². The van der Waals surface area contributed by atoms with Crippen LogP contribution in [0.4, 0.5) is 0 Å². The van der Waals surface area contributed by atoms with Crippen LogP contribution >= 0.6 is 0 Å². The highest BCUT2D eigenvalue weighted by Gasteiger charge is 2.32. The van der Waals surface area contributed by atoms with Crippen molar-refractivity contribution >= 4 is 0 Å². The Morgan fingerprint density at radius 2 is 1.94 bits per heavy atom. The van der Waals surface area contributed by atoms with Gasteiger partial charge < -0.3 is 5.32 Å². The molecule has 98 valence electrons. The average Bonchev–Trinajstić information content (AvgIpc) is 3.11. The lowest BCUT2D eigenvalue weighted by molar-refractivity contribution is 0.146. The zero-order chi connectivity index (χ0) is 12.3. The smallest absolute Gasteiger partial charge is 0.00683 e. The van der Waals surface area contributed by atoms with Crippen LogP contribution in [0.2, 0.25) is 0 Å². The molecule has 0 bridgehead atoms. The van der Waals surface area contributed by atoms with Crippen molar-refractivity contribution in [2.45, 2.75) is 58.4 Å². The maximum absolute atomic E-state index is 3.95. The van der Waals surface area contributed by atoms with Crippen LogP contribution in [0.15, 0.2) is 12.7 Å². The van der Waals surface area contributed by atoms with Gasteiger partial charge in [0, 0.05) is 6.04 Å². The van der Waals surface area contributed by atoms with E-state index in [2.05, 4.69) is 31.8 Å². The van der Waals surface area contributed by atoms with Gasteiger partial charge in [-0.15, -0.1) is 6.58 Å². The fourth-order valence-corrected chi connectivity index (χ4v) is 3.35. The summed E-state index contributed by atoms with van der Waals surface area (Å²) < 4.78 is 0. The lowest BCUT2D eigenvalue weighted by Crippen LogP contribution is -2.35. The first-order chi connectivity index (χ1) is 8.20. The van der Waals surface area contributed by atoms with Gasteiger partial charge in [-0.2, -0.15) is 0 Å². The van der Waals surface area contributed by atoms with Crippen LogP contribution in [0.1, 0.15) is 52.4 Å². The molecular formula is C16H29N. The Kier molecular flexibility index (Phi) is 4.67. The first-order valence-electron chi connectivity index (χ1n) is 7.55. The maximum Gasteiger partial charge on any atom is 0.00683 e. The molecular weight excluding hydrogens is 206 g/mol. The molecule has 1 N–H and O–H groups in total. The minimum absolute atomic E-state index is 0.861. The van der Waals surface area contributed by atoms with E-state index in [-0.39, 0.29) is 0 Å². The Bertz CT molecular complexity index is 242. The second-order valence-electron chi connectivity index (χ2n) is 6.54. The molecule has 1 nitrogen and oxygen atoms in total. The molecule has 0 aromatic rings. The molecule has 0 heterocycles. The zero-order valence-corrected chi connectivity index (χ0v) is 11.6. The summed E-state index contributed by atoms with van der Waals surface area (Å²) in [5.41, 5.74) is 0. The van der Waals surface area contributed by atoms with Gasteiger partial charge in [-0.25, -0.2) is 0 Å². The summed E-state index contributed by atoms with van der Waals surface area (Å²) in [6.45, 7) is 9.98. The molecule has 2 aliphatic carbocycles. The zero-order valence-electron chi connectivity index (χ0n) is 11.6. The fourth-order valence-electron chi connectivity index (χ4n) is 3.35. The number of hydrogen-bond donors (Lipinski definition) is 1. The Labute approximate surface area is 107 Å². The van der Waals surface area contributed by atoms with Gasteiger partial charge in [0.25, 0.3) is 0 Å². The van der Waals surface area contributed by atoms with E-state index in [0.29, 0.717) is 0 Å². The van der Waals surface area contributed by atoms with E-state index in [9.17, 15) is 0 Å². The molecule has 2 saturated carbocycles. The Balaban J connectivity index is 1.83. The van der Waals surface area contributed by atoms with Gasteiger partial charge in [-0.1, -0.05) is 19.9 Å². The average molecular weight is 235 g/mol. The second-order valence-corrected chi connectivity index (χ2v) is 6.54. The van der Waals surface area contributed by atoms with Crippen molar-refractivity contribution in [2.24, 2.45) is 23.7 Å². The molecule has 0 spiro atoms. The minimum Gasteiger partial charge on any atom is -0.314 e. The second kappa shape index (κ2) is 6.04. The topological polar surface area (TPSA) is 12.0 Å². The van der Waals surface area contributed by atoms with Crippen molar-refractivity contribution in [3.05, 3.63) is 12.7 Å². The molecule has 0 aromatic heterocycles. The first-order valence-corrected chi connectivity index (χ1v) is 7.55. The van der Waals surface area contributed by atoms with Crippen LogP contribution in [0.25, 0.3) is 0 Å². The molecule has 2 aliphatic rings. The number of nitrogens with one attached hydrogen (secondary N) is 1. The van der Waals surface area contributed by atoms with Crippen LogP contribution in [0, 0.1) is 23.7 Å². The molecule has 3 atom stereocenters. The largest absolute Gasteiger partial charge is 0.314 e. The monoisotopic (exact) mass is 235 g/mol. The summed E-state index contributed by atoms with van der Waals surface area (Å²) in [4.78, 5) is 0. The van der Waals surface area contributed by atoms with Gasteiger partial charge in [0.05, 0.1) is 0 Å². The van der Waals surface area contributed by atoms with E-state index < -0.39 is 0 Å². The van der Waals surface area contributed by atoms with E-state index in [1.54, 1.807) is 0 Å². The predicted molar refractivity (Wildman–Crippen MR) is 75.0 cm³/mol. The lowest BCUT2D eigenvalue weighted by Gasteiger charge is -2.38.